The summed E-state index contributed by atoms with van der Waals surface area (Å²) in [6.45, 7) is 3.45. The Morgan fingerprint density at radius 3 is 2.74 bits per heavy atom. The maximum atomic E-state index is 11.8. The first-order valence-electron chi connectivity index (χ1n) is 5.61. The van der Waals surface area contributed by atoms with E-state index in [1.807, 2.05) is 0 Å². The van der Waals surface area contributed by atoms with E-state index in [9.17, 15) is 9.59 Å². The van der Waals surface area contributed by atoms with Crippen LogP contribution in [0.4, 0.5) is 5.69 Å². The van der Waals surface area contributed by atoms with Crippen LogP contribution in [0.15, 0.2) is 18.2 Å². The van der Waals surface area contributed by atoms with Gasteiger partial charge >= 0.3 is 5.97 Å². The minimum absolute atomic E-state index is 0.171. The molecule has 1 aromatic carbocycles. The van der Waals surface area contributed by atoms with Crippen molar-refractivity contribution in [2.45, 2.75) is 26.4 Å². The molecule has 6 heteroatoms. The van der Waals surface area contributed by atoms with Gasteiger partial charge in [-0.05, 0) is 32.0 Å². The minimum Gasteiger partial charge on any atom is -0.459 e. The van der Waals surface area contributed by atoms with Crippen LogP contribution in [0.3, 0.4) is 0 Å². The molecule has 0 aromatic heterocycles. The fourth-order valence-corrected chi connectivity index (χ4v) is 1.51. The van der Waals surface area contributed by atoms with E-state index < -0.39 is 11.9 Å². The van der Waals surface area contributed by atoms with Crippen LogP contribution >= 0.6 is 11.6 Å². The Bertz CT molecular complexity index is 535. The van der Waals surface area contributed by atoms with E-state index in [0.29, 0.717) is 5.69 Å². The third-order valence-corrected chi connectivity index (χ3v) is 2.38. The molecule has 1 amide bonds. The van der Waals surface area contributed by atoms with Gasteiger partial charge < -0.3 is 10.1 Å². The number of nitriles is 1. The van der Waals surface area contributed by atoms with E-state index >= 15 is 0 Å². The molecule has 0 saturated carbocycles. The van der Waals surface area contributed by atoms with Crippen molar-refractivity contribution >= 4 is 29.2 Å². The number of anilines is 1. The lowest BCUT2D eigenvalue weighted by Crippen LogP contribution is -2.14. The number of amides is 1. The number of ether oxygens (including phenoxy) is 1. The predicted molar refractivity (Wildman–Crippen MR) is 70.9 cm³/mol. The lowest BCUT2D eigenvalue weighted by atomic mass is 10.2. The van der Waals surface area contributed by atoms with E-state index in [4.69, 9.17) is 21.6 Å². The molecule has 0 saturated heterocycles. The largest absolute Gasteiger partial charge is 0.459 e. The van der Waals surface area contributed by atoms with Crippen molar-refractivity contribution in [2.75, 3.05) is 5.32 Å². The van der Waals surface area contributed by atoms with E-state index in [0.717, 1.165) is 0 Å². The Hall–Kier alpha value is -2.06. The summed E-state index contributed by atoms with van der Waals surface area (Å²) in [5.74, 6) is -1.01. The maximum Gasteiger partial charge on any atom is 0.339 e. The normalized spacial score (nSPS) is 9.84. The Morgan fingerprint density at radius 1 is 1.47 bits per heavy atom. The van der Waals surface area contributed by atoms with Gasteiger partial charge in [0.05, 0.1) is 22.8 Å². The second kappa shape index (κ2) is 6.76. The fraction of sp³-hybridized carbons (Fsp3) is 0.308. The van der Waals surface area contributed by atoms with Crippen LogP contribution in [0.1, 0.15) is 30.6 Å². The number of carbonyl (C=O) groups is 2. The van der Waals surface area contributed by atoms with Gasteiger partial charge in [-0.3, -0.25) is 4.79 Å². The number of halogens is 1. The van der Waals surface area contributed by atoms with Crippen molar-refractivity contribution in [1.82, 2.24) is 0 Å². The van der Waals surface area contributed by atoms with Crippen LogP contribution in [-0.2, 0) is 9.53 Å². The second-order valence-corrected chi connectivity index (χ2v) is 4.44. The zero-order chi connectivity index (χ0) is 14.4. The van der Waals surface area contributed by atoms with Crippen molar-refractivity contribution in [3.05, 3.63) is 28.8 Å². The summed E-state index contributed by atoms with van der Waals surface area (Å²) >= 11 is 5.91. The van der Waals surface area contributed by atoms with E-state index in [2.05, 4.69) is 5.32 Å². The number of hydrogen-bond donors (Lipinski definition) is 1. The van der Waals surface area contributed by atoms with Crippen molar-refractivity contribution in [3.8, 4) is 6.07 Å². The highest BCUT2D eigenvalue weighted by atomic mass is 35.5. The number of nitrogens with one attached hydrogen (secondary N) is 1. The smallest absolute Gasteiger partial charge is 0.339 e. The van der Waals surface area contributed by atoms with Gasteiger partial charge in [0.25, 0.3) is 0 Å². The van der Waals surface area contributed by atoms with Gasteiger partial charge in [-0.2, -0.15) is 5.26 Å². The van der Waals surface area contributed by atoms with Crippen LogP contribution in [0.5, 0.6) is 0 Å². The minimum atomic E-state index is -0.559. The molecule has 0 bridgehead atoms. The molecule has 0 radical (unpaired) electrons. The summed E-state index contributed by atoms with van der Waals surface area (Å²) < 4.78 is 5.04. The highest BCUT2D eigenvalue weighted by molar-refractivity contribution is 6.33. The number of rotatable bonds is 4. The zero-order valence-corrected chi connectivity index (χ0v) is 11.3. The summed E-state index contributed by atoms with van der Waals surface area (Å²) in [4.78, 5) is 23.0. The summed E-state index contributed by atoms with van der Waals surface area (Å²) in [7, 11) is 0. The lowest BCUT2D eigenvalue weighted by molar-refractivity contribution is -0.115. The van der Waals surface area contributed by atoms with Crippen molar-refractivity contribution in [3.63, 3.8) is 0 Å². The molecule has 1 N–H and O–H groups in total. The number of nitrogens with zero attached hydrogens (tertiary/aromatic N) is 1. The Balaban J connectivity index is 2.91. The van der Waals surface area contributed by atoms with Gasteiger partial charge in [0.2, 0.25) is 5.91 Å². The van der Waals surface area contributed by atoms with Crippen molar-refractivity contribution < 1.29 is 14.3 Å². The SMILES string of the molecule is CC(C)OC(=O)c1cc(NC(=O)CC#N)ccc1Cl. The van der Waals surface area contributed by atoms with Crippen LogP contribution in [0.25, 0.3) is 0 Å². The van der Waals surface area contributed by atoms with E-state index in [1.165, 1.54) is 12.1 Å². The standard InChI is InChI=1S/C13H13ClN2O3/c1-8(2)19-13(18)10-7-9(3-4-11(10)14)16-12(17)5-6-15/h3-4,7-8H,5H2,1-2H3,(H,16,17). The molecule has 0 aliphatic heterocycles. The predicted octanol–water partition coefficient (Wildman–Crippen LogP) is 2.76. The van der Waals surface area contributed by atoms with Crippen LogP contribution in [0, 0.1) is 11.3 Å². The number of carbonyl (C=O) groups excluding carboxylic acids is 2. The first-order valence-corrected chi connectivity index (χ1v) is 5.99. The molecular formula is C13H13ClN2O3. The molecular weight excluding hydrogens is 268 g/mol. The van der Waals surface area contributed by atoms with Crippen LogP contribution in [-0.4, -0.2) is 18.0 Å². The Kier molecular flexibility index (Phi) is 5.34. The average molecular weight is 281 g/mol. The molecule has 0 unspecified atom stereocenters. The monoisotopic (exact) mass is 280 g/mol. The summed E-state index contributed by atoms with van der Waals surface area (Å²) in [5.41, 5.74) is 0.561. The molecule has 19 heavy (non-hydrogen) atoms. The Labute approximate surface area is 116 Å². The molecule has 0 atom stereocenters. The van der Waals surface area contributed by atoms with Gasteiger partial charge in [0.1, 0.15) is 6.42 Å². The first kappa shape index (κ1) is 15.0. The molecule has 100 valence electrons. The van der Waals surface area contributed by atoms with Crippen molar-refractivity contribution in [1.29, 1.82) is 5.26 Å². The molecule has 0 aliphatic carbocycles. The van der Waals surface area contributed by atoms with Gasteiger partial charge in [0, 0.05) is 5.69 Å². The molecule has 5 nitrogen and oxygen atoms in total. The number of hydrogen-bond acceptors (Lipinski definition) is 4. The summed E-state index contributed by atoms with van der Waals surface area (Å²) in [6.07, 6.45) is -0.519. The van der Waals surface area contributed by atoms with Gasteiger partial charge in [-0.15, -0.1) is 0 Å². The highest BCUT2D eigenvalue weighted by Crippen LogP contribution is 2.22. The summed E-state index contributed by atoms with van der Waals surface area (Å²) in [5, 5.41) is 11.1. The van der Waals surface area contributed by atoms with Gasteiger partial charge in [-0.25, -0.2) is 4.79 Å². The van der Waals surface area contributed by atoms with E-state index in [-0.39, 0.29) is 23.1 Å². The first-order chi connectivity index (χ1) is 8.93. The highest BCUT2D eigenvalue weighted by Gasteiger charge is 2.14. The van der Waals surface area contributed by atoms with Crippen LogP contribution < -0.4 is 5.32 Å². The maximum absolute atomic E-state index is 11.8. The average Bonchev–Trinajstić information content (AvgIpc) is 2.31. The summed E-state index contributed by atoms with van der Waals surface area (Å²) in [6, 6.07) is 6.18. The van der Waals surface area contributed by atoms with Gasteiger partial charge in [-0.1, -0.05) is 11.6 Å². The van der Waals surface area contributed by atoms with Crippen molar-refractivity contribution in [2.24, 2.45) is 0 Å². The molecule has 0 heterocycles. The zero-order valence-electron chi connectivity index (χ0n) is 10.6. The quantitative estimate of drug-likeness (QED) is 0.860. The molecule has 0 aliphatic rings. The topological polar surface area (TPSA) is 79.2 Å². The molecule has 1 aromatic rings. The third-order valence-electron chi connectivity index (χ3n) is 2.05. The Morgan fingerprint density at radius 2 is 2.16 bits per heavy atom. The number of esters is 1. The third kappa shape index (κ3) is 4.60. The van der Waals surface area contributed by atoms with Crippen LogP contribution in [0.2, 0.25) is 5.02 Å². The number of benzene rings is 1. The second-order valence-electron chi connectivity index (χ2n) is 4.03. The lowest BCUT2D eigenvalue weighted by Gasteiger charge is -2.10. The molecule has 1 rings (SSSR count). The molecule has 0 fully saturated rings. The molecule has 0 spiro atoms. The van der Waals surface area contributed by atoms with Gasteiger partial charge in [0.15, 0.2) is 0 Å². The van der Waals surface area contributed by atoms with E-state index in [1.54, 1.807) is 26.0 Å². The fourth-order valence-electron chi connectivity index (χ4n) is 1.31.